The van der Waals surface area contributed by atoms with E-state index in [2.05, 4.69) is 0 Å². The molecule has 16 heavy (non-hydrogen) atoms. The first-order valence-corrected chi connectivity index (χ1v) is 5.29. The van der Waals surface area contributed by atoms with E-state index in [9.17, 15) is 5.11 Å². The van der Waals surface area contributed by atoms with Crippen molar-refractivity contribution in [2.75, 3.05) is 13.2 Å². The second-order valence-electron chi connectivity index (χ2n) is 4.23. The second kappa shape index (κ2) is 4.31. The predicted molar refractivity (Wildman–Crippen MR) is 58.5 cm³/mol. The molecule has 4 heteroatoms. The summed E-state index contributed by atoms with van der Waals surface area (Å²) in [4.78, 5) is 0. The largest absolute Gasteiger partial charge is 0.504 e. The minimum absolute atomic E-state index is 0.0883. The van der Waals surface area contributed by atoms with Gasteiger partial charge in [0.25, 0.3) is 0 Å². The Kier molecular flexibility index (Phi) is 3.03. The lowest BCUT2D eigenvalue weighted by molar-refractivity contribution is -0.141. The fraction of sp³-hybridized carbons (Fsp3) is 0.500. The molecule has 0 radical (unpaired) electrons. The van der Waals surface area contributed by atoms with E-state index in [0.717, 1.165) is 0 Å². The first-order valence-electron chi connectivity index (χ1n) is 5.29. The van der Waals surface area contributed by atoms with E-state index in [-0.39, 0.29) is 11.9 Å². The molecule has 0 aliphatic carbocycles. The number of hydrogen-bond donors (Lipinski definition) is 1. The van der Waals surface area contributed by atoms with Crippen molar-refractivity contribution in [3.63, 3.8) is 0 Å². The topological polar surface area (TPSA) is 47.9 Å². The molecule has 88 valence electrons. The van der Waals surface area contributed by atoms with Gasteiger partial charge in [-0.25, -0.2) is 0 Å². The summed E-state index contributed by atoms with van der Waals surface area (Å²) < 4.78 is 16.4. The third-order valence-corrected chi connectivity index (χ3v) is 2.36. The number of hydrogen-bond acceptors (Lipinski definition) is 4. The van der Waals surface area contributed by atoms with Crippen LogP contribution in [-0.2, 0) is 9.47 Å². The van der Waals surface area contributed by atoms with Crippen LogP contribution >= 0.6 is 0 Å². The summed E-state index contributed by atoms with van der Waals surface area (Å²) in [6.45, 7) is 4.63. The van der Waals surface area contributed by atoms with Crippen molar-refractivity contribution in [3.8, 4) is 11.5 Å². The molecular formula is C12H16O4. The van der Waals surface area contributed by atoms with E-state index in [0.29, 0.717) is 19.0 Å². The maximum absolute atomic E-state index is 9.49. The van der Waals surface area contributed by atoms with Crippen LogP contribution in [0.1, 0.15) is 13.8 Å². The standard InChI is InChI=1S/C12H16O4/c1-12(2)15-8-9(16-12)7-14-11-6-4-3-5-10(11)13/h3-6,9,13H,7-8H2,1-2H3/t9-/m1/s1. The monoisotopic (exact) mass is 224 g/mol. The maximum Gasteiger partial charge on any atom is 0.163 e. The zero-order valence-corrected chi connectivity index (χ0v) is 9.47. The van der Waals surface area contributed by atoms with Crippen LogP contribution in [0.25, 0.3) is 0 Å². The number of para-hydroxylation sites is 2. The summed E-state index contributed by atoms with van der Waals surface area (Å²) in [5.41, 5.74) is 0. The highest BCUT2D eigenvalue weighted by Gasteiger charge is 2.33. The average Bonchev–Trinajstić information content (AvgIpc) is 2.57. The van der Waals surface area contributed by atoms with Gasteiger partial charge in [0.15, 0.2) is 17.3 Å². The molecule has 1 saturated heterocycles. The van der Waals surface area contributed by atoms with E-state index in [1.165, 1.54) is 0 Å². The van der Waals surface area contributed by atoms with Gasteiger partial charge in [0.05, 0.1) is 6.61 Å². The van der Waals surface area contributed by atoms with Gasteiger partial charge in [-0.3, -0.25) is 0 Å². The van der Waals surface area contributed by atoms with Gasteiger partial charge >= 0.3 is 0 Å². The Morgan fingerprint density at radius 1 is 1.44 bits per heavy atom. The molecule has 0 spiro atoms. The molecule has 1 aromatic rings. The lowest BCUT2D eigenvalue weighted by Crippen LogP contribution is -2.25. The second-order valence-corrected chi connectivity index (χ2v) is 4.23. The SMILES string of the molecule is CC1(C)OC[C@@H](COc2ccccc2O)O1. The van der Waals surface area contributed by atoms with Crippen LogP contribution in [0, 0.1) is 0 Å². The normalized spacial score (nSPS) is 23.2. The van der Waals surface area contributed by atoms with Crippen molar-refractivity contribution < 1.29 is 19.3 Å². The molecule has 1 aromatic carbocycles. The Morgan fingerprint density at radius 2 is 2.19 bits per heavy atom. The van der Waals surface area contributed by atoms with Crippen LogP contribution in [0.3, 0.4) is 0 Å². The van der Waals surface area contributed by atoms with Crippen molar-refractivity contribution in [2.45, 2.75) is 25.7 Å². The highest BCUT2D eigenvalue weighted by molar-refractivity contribution is 5.37. The van der Waals surface area contributed by atoms with Gasteiger partial charge in [-0.05, 0) is 26.0 Å². The Labute approximate surface area is 94.8 Å². The molecule has 2 rings (SSSR count). The summed E-state index contributed by atoms with van der Waals surface area (Å²) >= 11 is 0. The third-order valence-electron chi connectivity index (χ3n) is 2.36. The van der Waals surface area contributed by atoms with Gasteiger partial charge in [-0.2, -0.15) is 0 Å². The van der Waals surface area contributed by atoms with Crippen molar-refractivity contribution in [1.82, 2.24) is 0 Å². The maximum atomic E-state index is 9.49. The van der Waals surface area contributed by atoms with Crippen molar-refractivity contribution in [2.24, 2.45) is 0 Å². The molecular weight excluding hydrogens is 208 g/mol. The number of phenols is 1. The van der Waals surface area contributed by atoms with Crippen LogP contribution < -0.4 is 4.74 Å². The zero-order chi connectivity index (χ0) is 11.6. The fourth-order valence-corrected chi connectivity index (χ4v) is 1.61. The lowest BCUT2D eigenvalue weighted by Gasteiger charge is -2.17. The van der Waals surface area contributed by atoms with Crippen LogP contribution in [0.4, 0.5) is 0 Å². The van der Waals surface area contributed by atoms with Crippen LogP contribution in [0.5, 0.6) is 11.5 Å². The quantitative estimate of drug-likeness (QED) is 0.852. The molecule has 1 atom stereocenters. The Hall–Kier alpha value is -1.26. The number of benzene rings is 1. The van der Waals surface area contributed by atoms with Gasteiger partial charge in [-0.15, -0.1) is 0 Å². The van der Waals surface area contributed by atoms with Crippen molar-refractivity contribution >= 4 is 0 Å². The lowest BCUT2D eigenvalue weighted by atomic mass is 10.3. The number of phenolic OH excluding ortho intramolecular Hbond substituents is 1. The number of aromatic hydroxyl groups is 1. The Bertz CT molecular complexity index is 362. The van der Waals surface area contributed by atoms with E-state index >= 15 is 0 Å². The predicted octanol–water partition coefficient (Wildman–Crippen LogP) is 1.92. The third kappa shape index (κ3) is 2.65. The Balaban J connectivity index is 1.87. The molecule has 1 aliphatic rings. The minimum atomic E-state index is -0.535. The van der Waals surface area contributed by atoms with Crippen molar-refractivity contribution in [1.29, 1.82) is 0 Å². The van der Waals surface area contributed by atoms with E-state index in [4.69, 9.17) is 14.2 Å². The van der Waals surface area contributed by atoms with Crippen molar-refractivity contribution in [3.05, 3.63) is 24.3 Å². The Morgan fingerprint density at radius 3 is 2.81 bits per heavy atom. The van der Waals surface area contributed by atoms with Gasteiger partial charge in [-0.1, -0.05) is 12.1 Å². The van der Waals surface area contributed by atoms with Gasteiger partial charge < -0.3 is 19.3 Å². The molecule has 0 amide bonds. The molecule has 0 bridgehead atoms. The highest BCUT2D eigenvalue weighted by atomic mass is 16.7. The first kappa shape index (κ1) is 11.2. The molecule has 1 aliphatic heterocycles. The molecule has 1 N–H and O–H groups in total. The molecule has 4 nitrogen and oxygen atoms in total. The summed E-state index contributed by atoms with van der Waals surface area (Å²) in [6, 6.07) is 6.87. The van der Waals surface area contributed by atoms with Crippen LogP contribution in [0.2, 0.25) is 0 Å². The minimum Gasteiger partial charge on any atom is -0.504 e. The molecule has 0 saturated carbocycles. The molecule has 0 aromatic heterocycles. The van der Waals surface area contributed by atoms with E-state index in [1.807, 2.05) is 19.9 Å². The van der Waals surface area contributed by atoms with Crippen LogP contribution in [-0.4, -0.2) is 30.2 Å². The summed E-state index contributed by atoms with van der Waals surface area (Å²) in [6.07, 6.45) is -0.0883. The van der Waals surface area contributed by atoms with Gasteiger partial charge in [0.2, 0.25) is 0 Å². The van der Waals surface area contributed by atoms with Gasteiger partial charge in [0.1, 0.15) is 12.7 Å². The molecule has 0 unspecified atom stereocenters. The molecule has 1 heterocycles. The zero-order valence-electron chi connectivity index (χ0n) is 9.47. The summed E-state index contributed by atoms with van der Waals surface area (Å²) in [5, 5.41) is 9.49. The number of rotatable bonds is 3. The first-order chi connectivity index (χ1) is 7.57. The smallest absolute Gasteiger partial charge is 0.163 e. The summed E-state index contributed by atoms with van der Waals surface area (Å²) in [5.74, 6) is 0.0729. The fourth-order valence-electron chi connectivity index (χ4n) is 1.61. The van der Waals surface area contributed by atoms with E-state index in [1.54, 1.807) is 18.2 Å². The summed E-state index contributed by atoms with van der Waals surface area (Å²) in [7, 11) is 0. The van der Waals surface area contributed by atoms with E-state index < -0.39 is 5.79 Å². The number of ether oxygens (including phenoxy) is 3. The highest BCUT2D eigenvalue weighted by Crippen LogP contribution is 2.27. The molecule has 1 fully saturated rings. The average molecular weight is 224 g/mol. The van der Waals surface area contributed by atoms with Crippen LogP contribution in [0.15, 0.2) is 24.3 Å². The van der Waals surface area contributed by atoms with Gasteiger partial charge in [0, 0.05) is 0 Å².